The van der Waals surface area contributed by atoms with Gasteiger partial charge in [-0.3, -0.25) is 9.30 Å². The molecule has 2 aromatic heterocycles. The topological polar surface area (TPSA) is 70.7 Å². The van der Waals surface area contributed by atoms with E-state index in [1.165, 1.54) is 4.90 Å². The van der Waals surface area contributed by atoms with E-state index < -0.39 is 6.09 Å². The van der Waals surface area contributed by atoms with Crippen LogP contribution in [-0.2, 0) is 0 Å². The summed E-state index contributed by atoms with van der Waals surface area (Å²) in [7, 11) is 0. The summed E-state index contributed by atoms with van der Waals surface area (Å²) in [5, 5.41) is 18.6. The van der Waals surface area contributed by atoms with Crippen molar-refractivity contribution in [1.82, 2.24) is 14.6 Å². The van der Waals surface area contributed by atoms with E-state index in [1.807, 2.05) is 98.1 Å². The van der Waals surface area contributed by atoms with E-state index in [4.69, 9.17) is 0 Å². The molecule has 0 fully saturated rings. The van der Waals surface area contributed by atoms with Crippen molar-refractivity contribution in [2.75, 3.05) is 4.90 Å². The number of aryl methyl sites for hydroxylation is 1. The van der Waals surface area contributed by atoms with Gasteiger partial charge in [-0.2, -0.15) is 0 Å². The molecule has 1 N–H and O–H groups in total. The molecule has 0 saturated heterocycles. The number of amides is 1. The Balaban J connectivity index is 1.72. The van der Waals surface area contributed by atoms with Crippen molar-refractivity contribution in [2.45, 2.75) is 26.8 Å². The van der Waals surface area contributed by atoms with Gasteiger partial charge in [0.05, 0.1) is 6.04 Å². The molecule has 4 rings (SSSR count). The predicted molar refractivity (Wildman–Crippen MR) is 118 cm³/mol. The number of nitrogens with zero attached hydrogens (tertiary/aromatic N) is 4. The third-order valence-corrected chi connectivity index (χ3v) is 5.23. The smallest absolute Gasteiger partial charge is 0.412 e. The summed E-state index contributed by atoms with van der Waals surface area (Å²) in [4.78, 5) is 13.7. The van der Waals surface area contributed by atoms with Gasteiger partial charge in [0.1, 0.15) is 0 Å². The van der Waals surface area contributed by atoms with Crippen LogP contribution in [0.4, 0.5) is 10.5 Å². The maximum absolute atomic E-state index is 12.2. The van der Waals surface area contributed by atoms with Gasteiger partial charge in [0, 0.05) is 17.4 Å². The summed E-state index contributed by atoms with van der Waals surface area (Å²) in [6.07, 6.45) is 0.968. The van der Waals surface area contributed by atoms with Gasteiger partial charge in [-0.05, 0) is 60.4 Å². The number of hydrogen-bond acceptors (Lipinski definition) is 3. The lowest BCUT2D eigenvalue weighted by Gasteiger charge is -2.33. The molecule has 0 aliphatic rings. The normalized spacial score (nSPS) is 12.3. The largest absolute Gasteiger partial charge is 0.465 e. The van der Waals surface area contributed by atoms with Gasteiger partial charge in [-0.1, -0.05) is 44.2 Å². The third kappa shape index (κ3) is 3.64. The quantitative estimate of drug-likeness (QED) is 0.474. The molecule has 0 aliphatic heterocycles. The highest BCUT2D eigenvalue weighted by atomic mass is 16.4. The summed E-state index contributed by atoms with van der Waals surface area (Å²) in [5.74, 6) is 0.828. The fourth-order valence-corrected chi connectivity index (χ4v) is 3.83. The minimum Gasteiger partial charge on any atom is -0.465 e. The number of fused-ring (bicyclic) bond motifs is 1. The summed E-state index contributed by atoms with van der Waals surface area (Å²) >= 11 is 0. The fourth-order valence-electron chi connectivity index (χ4n) is 3.83. The molecular weight excluding hydrogens is 376 g/mol. The first kappa shape index (κ1) is 19.6. The highest BCUT2D eigenvalue weighted by molar-refractivity contribution is 5.87. The molecule has 0 aliphatic carbocycles. The summed E-state index contributed by atoms with van der Waals surface area (Å²) < 4.78 is 1.93. The van der Waals surface area contributed by atoms with Crippen LogP contribution >= 0.6 is 0 Å². The molecule has 1 atom stereocenters. The van der Waals surface area contributed by atoms with E-state index in [1.54, 1.807) is 0 Å². The van der Waals surface area contributed by atoms with Crippen LogP contribution in [0.1, 0.15) is 31.0 Å². The Labute approximate surface area is 175 Å². The van der Waals surface area contributed by atoms with Crippen molar-refractivity contribution in [1.29, 1.82) is 0 Å². The minimum absolute atomic E-state index is 0.104. The average molecular weight is 400 g/mol. The highest BCUT2D eigenvalue weighted by Crippen LogP contribution is 2.34. The van der Waals surface area contributed by atoms with E-state index in [2.05, 4.69) is 10.2 Å². The van der Waals surface area contributed by atoms with Gasteiger partial charge in [0.25, 0.3) is 0 Å². The molecule has 2 aromatic carbocycles. The maximum atomic E-state index is 12.2. The van der Waals surface area contributed by atoms with Gasteiger partial charge in [0.2, 0.25) is 0 Å². The summed E-state index contributed by atoms with van der Waals surface area (Å²) in [6, 6.07) is 20.9. The molecule has 2 heterocycles. The van der Waals surface area contributed by atoms with E-state index in [0.29, 0.717) is 5.69 Å². The van der Waals surface area contributed by atoms with Gasteiger partial charge in [-0.25, -0.2) is 4.79 Å². The standard InChI is InChI=1S/C24H24N4O2/c1-16(2)22(18-7-5-4-6-8-18)28(24(29)30)20-11-9-19(10-12-20)23-26-25-21-15-17(3)13-14-27(21)23/h4-16,22H,1-3H3,(H,29,30). The first-order valence-corrected chi connectivity index (χ1v) is 9.94. The van der Waals surface area contributed by atoms with Crippen molar-refractivity contribution in [2.24, 2.45) is 5.92 Å². The minimum atomic E-state index is -0.978. The summed E-state index contributed by atoms with van der Waals surface area (Å²) in [5.41, 5.74) is 4.37. The van der Waals surface area contributed by atoms with E-state index in [0.717, 1.165) is 28.2 Å². The Kier molecular flexibility index (Phi) is 5.23. The second kappa shape index (κ2) is 7.99. The molecule has 1 amide bonds. The van der Waals surface area contributed by atoms with Crippen molar-refractivity contribution in [3.8, 4) is 11.4 Å². The lowest BCUT2D eigenvalue weighted by Crippen LogP contribution is -2.36. The Morgan fingerprint density at radius 2 is 1.70 bits per heavy atom. The second-order valence-corrected chi connectivity index (χ2v) is 7.75. The second-order valence-electron chi connectivity index (χ2n) is 7.75. The van der Waals surface area contributed by atoms with Crippen molar-refractivity contribution < 1.29 is 9.90 Å². The summed E-state index contributed by atoms with van der Waals surface area (Å²) in [6.45, 7) is 6.08. The fraction of sp³-hybridized carbons (Fsp3) is 0.208. The molecule has 152 valence electrons. The zero-order valence-corrected chi connectivity index (χ0v) is 17.2. The molecular formula is C24H24N4O2. The number of carboxylic acid groups (broad SMARTS) is 1. The lowest BCUT2D eigenvalue weighted by atomic mass is 9.94. The molecule has 0 radical (unpaired) electrons. The van der Waals surface area contributed by atoms with E-state index in [-0.39, 0.29) is 12.0 Å². The number of pyridine rings is 1. The first-order chi connectivity index (χ1) is 14.5. The first-order valence-electron chi connectivity index (χ1n) is 9.94. The van der Waals surface area contributed by atoms with Crippen LogP contribution in [0.15, 0.2) is 72.9 Å². The molecule has 6 heteroatoms. The average Bonchev–Trinajstić information content (AvgIpc) is 3.15. The highest BCUT2D eigenvalue weighted by Gasteiger charge is 2.29. The Hall–Kier alpha value is -3.67. The molecule has 30 heavy (non-hydrogen) atoms. The van der Waals surface area contributed by atoms with Gasteiger partial charge < -0.3 is 5.11 Å². The SMILES string of the molecule is Cc1ccn2c(-c3ccc(N(C(=O)O)C(c4ccccc4)C(C)C)cc3)nnc2c1. The van der Waals surface area contributed by atoms with Gasteiger partial charge >= 0.3 is 6.09 Å². The molecule has 4 aromatic rings. The number of rotatable bonds is 5. The zero-order valence-electron chi connectivity index (χ0n) is 17.2. The molecule has 0 saturated carbocycles. The Morgan fingerprint density at radius 3 is 2.33 bits per heavy atom. The molecule has 6 nitrogen and oxygen atoms in total. The van der Waals surface area contributed by atoms with Crippen molar-refractivity contribution >= 4 is 17.4 Å². The Morgan fingerprint density at radius 1 is 1.00 bits per heavy atom. The molecule has 1 unspecified atom stereocenters. The van der Waals surface area contributed by atoms with Crippen LogP contribution in [0, 0.1) is 12.8 Å². The van der Waals surface area contributed by atoms with Gasteiger partial charge in [-0.15, -0.1) is 10.2 Å². The number of carbonyl (C=O) groups is 1. The third-order valence-electron chi connectivity index (χ3n) is 5.23. The van der Waals surface area contributed by atoms with Gasteiger partial charge in [0.15, 0.2) is 11.5 Å². The van der Waals surface area contributed by atoms with Crippen molar-refractivity contribution in [3.05, 3.63) is 84.1 Å². The number of hydrogen-bond donors (Lipinski definition) is 1. The van der Waals surface area contributed by atoms with E-state index in [9.17, 15) is 9.90 Å². The monoisotopic (exact) mass is 400 g/mol. The Bertz CT molecular complexity index is 1170. The van der Waals surface area contributed by atoms with Crippen LogP contribution in [0.2, 0.25) is 0 Å². The van der Waals surface area contributed by atoms with Crippen LogP contribution in [0.5, 0.6) is 0 Å². The van der Waals surface area contributed by atoms with E-state index >= 15 is 0 Å². The van der Waals surface area contributed by atoms with Crippen LogP contribution in [-0.4, -0.2) is 25.8 Å². The zero-order chi connectivity index (χ0) is 21.3. The van der Waals surface area contributed by atoms with Crippen LogP contribution in [0.3, 0.4) is 0 Å². The predicted octanol–water partition coefficient (Wildman–Crippen LogP) is 5.59. The number of aromatic nitrogens is 3. The molecule has 0 spiro atoms. The van der Waals surface area contributed by atoms with Crippen molar-refractivity contribution in [3.63, 3.8) is 0 Å². The molecule has 0 bridgehead atoms. The van der Waals surface area contributed by atoms with Crippen LogP contribution < -0.4 is 4.90 Å². The van der Waals surface area contributed by atoms with Crippen LogP contribution in [0.25, 0.3) is 17.0 Å². The number of benzene rings is 2. The lowest BCUT2D eigenvalue weighted by molar-refractivity contribution is 0.196. The number of anilines is 1. The maximum Gasteiger partial charge on any atom is 0.412 e.